The molecule has 0 aromatic carbocycles. The number of carbonyl (C=O) groups excluding carboxylic acids is 8. The Morgan fingerprint density at radius 2 is 1.84 bits per heavy atom. The van der Waals surface area contributed by atoms with Crippen LogP contribution in [0, 0.1) is 11.8 Å². The molecule has 1 saturated heterocycles. The number of cyclic esters (lactones) is 1. The normalized spacial score (nSPS) is 22.3. The van der Waals surface area contributed by atoms with Crippen molar-refractivity contribution >= 4 is 47.1 Å². The Labute approximate surface area is 374 Å². The number of aliphatic hydroxyl groups excluding tert-OH is 1. The number of amides is 5. The van der Waals surface area contributed by atoms with Gasteiger partial charge in [0.1, 0.15) is 41.7 Å². The number of aromatic nitrogens is 1. The van der Waals surface area contributed by atoms with Crippen LogP contribution in [0.25, 0.3) is 0 Å². The molecule has 0 saturated carbocycles. The van der Waals surface area contributed by atoms with Gasteiger partial charge in [-0.3, -0.25) is 33.6 Å². The second-order valence-electron chi connectivity index (χ2n) is 16.0. The molecule has 64 heavy (non-hydrogen) atoms. The van der Waals surface area contributed by atoms with Crippen molar-refractivity contribution in [2.75, 3.05) is 40.3 Å². The predicted molar refractivity (Wildman–Crippen MR) is 236 cm³/mol. The molecule has 3 aliphatic rings. The number of hydrogen-bond donors (Lipinski definition) is 4. The summed E-state index contributed by atoms with van der Waals surface area (Å²) in [4.78, 5) is 108. The summed E-state index contributed by atoms with van der Waals surface area (Å²) in [6, 6.07) is -1.69. The largest absolute Gasteiger partial charge is 0.457 e. The lowest BCUT2D eigenvalue weighted by atomic mass is 9.94. The van der Waals surface area contributed by atoms with Crippen LogP contribution >= 0.6 is 0 Å². The molecule has 0 radical (unpaired) electrons. The van der Waals surface area contributed by atoms with E-state index in [0.717, 1.165) is 17.4 Å². The van der Waals surface area contributed by atoms with Gasteiger partial charge in [-0.2, -0.15) is 0 Å². The topological polar surface area (TPSA) is 252 Å². The fourth-order valence-corrected chi connectivity index (χ4v) is 7.27. The van der Waals surface area contributed by atoms with Gasteiger partial charge in [-0.05, 0) is 32.3 Å². The number of aliphatic hydroxyl groups is 1. The highest BCUT2D eigenvalue weighted by Gasteiger charge is 2.40. The SMILES string of the molecule is C=CC(=CC)C[C@H](C(=O)N1CCC(=O)C[C@@H]1C(=O)NC)N(C)C(=O)CN.CC1=C[C@H](O)CC(=O)Cc2nc(co2)C(=O)N2CCC=C2C(=O)O[C@@H](C(C)C)[C@@H](C)C=CC(=O)NCC=C1. The standard InChI is InChI=1S/C28H35N3O7.C18H28N4O4/c1-17(2)26-19(4)9-10-24(34)29-11-5-7-18(3)13-20(32)14-21(33)15-25-30-22(16-37-25)27(35)31-12-6-8-23(31)28(36)38-26;1-5-12(6-2)9-15(21(4)16(24)11-19)18(26)22-8-7-13(23)10-14(22)17(25)20-3/h5,7-10,13,16-17,19-20,26,32H,6,11-12,14-15H2,1-4H3,(H,29,34);5-6,14-15H,1,7-11,19H2,2-4H3,(H,20,25)/t19-,20-,26-;14-,15-/m01/s1. The van der Waals surface area contributed by atoms with Gasteiger partial charge >= 0.3 is 5.97 Å². The molecular weight excluding hydrogens is 827 g/mol. The number of esters is 1. The minimum absolute atomic E-state index is 0.0232. The molecule has 5 N–H and O–H groups in total. The molecule has 18 nitrogen and oxygen atoms in total. The number of Topliss-reactive ketones (excluding diaryl/α,β-unsaturated/α-hetero) is 2. The molecule has 3 aliphatic heterocycles. The van der Waals surface area contributed by atoms with Crippen molar-refractivity contribution in [1.82, 2.24) is 30.3 Å². The van der Waals surface area contributed by atoms with Crippen molar-refractivity contribution < 1.29 is 52.6 Å². The van der Waals surface area contributed by atoms with Crippen LogP contribution in [-0.2, 0) is 44.7 Å². The Kier molecular flexibility index (Phi) is 20.4. The van der Waals surface area contributed by atoms with Gasteiger partial charge in [0, 0.05) is 65.3 Å². The number of ketones is 2. The number of likely N-dealkylation sites (tertiary alicyclic amines) is 1. The minimum Gasteiger partial charge on any atom is -0.457 e. The van der Waals surface area contributed by atoms with Gasteiger partial charge in [0.15, 0.2) is 5.69 Å². The van der Waals surface area contributed by atoms with E-state index in [4.69, 9.17) is 14.9 Å². The summed E-state index contributed by atoms with van der Waals surface area (Å²) >= 11 is 0. The van der Waals surface area contributed by atoms with E-state index in [-0.39, 0.29) is 117 Å². The van der Waals surface area contributed by atoms with E-state index in [1.807, 2.05) is 33.8 Å². The molecule has 5 amide bonds. The first-order chi connectivity index (χ1) is 30.3. The third-order valence-corrected chi connectivity index (χ3v) is 10.8. The molecule has 1 fully saturated rings. The van der Waals surface area contributed by atoms with Gasteiger partial charge in [-0.1, -0.05) is 81.0 Å². The van der Waals surface area contributed by atoms with E-state index in [0.29, 0.717) is 6.42 Å². The van der Waals surface area contributed by atoms with Crippen molar-refractivity contribution in [3.63, 3.8) is 0 Å². The summed E-state index contributed by atoms with van der Waals surface area (Å²) in [6.07, 6.45) is 13.3. The Hall–Kier alpha value is -6.27. The summed E-state index contributed by atoms with van der Waals surface area (Å²) in [5, 5.41) is 15.5. The van der Waals surface area contributed by atoms with Crippen molar-refractivity contribution in [1.29, 1.82) is 0 Å². The van der Waals surface area contributed by atoms with E-state index >= 15 is 0 Å². The lowest BCUT2D eigenvalue weighted by Gasteiger charge is -2.38. The average molecular weight is 890 g/mol. The van der Waals surface area contributed by atoms with Gasteiger partial charge in [0.05, 0.1) is 19.1 Å². The van der Waals surface area contributed by atoms with Crippen LogP contribution in [0.4, 0.5) is 0 Å². The summed E-state index contributed by atoms with van der Waals surface area (Å²) in [5.41, 5.74) is 7.05. The van der Waals surface area contributed by atoms with Crippen molar-refractivity contribution in [2.24, 2.45) is 17.6 Å². The van der Waals surface area contributed by atoms with Crippen molar-refractivity contribution in [3.05, 3.63) is 89.9 Å². The summed E-state index contributed by atoms with van der Waals surface area (Å²) in [6.45, 7) is 13.5. The van der Waals surface area contributed by atoms with Crippen LogP contribution in [0.5, 0.6) is 0 Å². The second kappa shape index (κ2) is 25.1. The summed E-state index contributed by atoms with van der Waals surface area (Å²) in [7, 11) is 2.97. The van der Waals surface area contributed by atoms with Gasteiger partial charge in [-0.25, -0.2) is 9.78 Å². The zero-order valence-electron chi connectivity index (χ0n) is 37.8. The van der Waals surface area contributed by atoms with E-state index in [2.05, 4.69) is 22.2 Å². The van der Waals surface area contributed by atoms with Crippen molar-refractivity contribution in [2.45, 2.75) is 97.4 Å². The quantitative estimate of drug-likeness (QED) is 0.216. The van der Waals surface area contributed by atoms with E-state index < -0.39 is 42.1 Å². The molecule has 4 heterocycles. The lowest BCUT2D eigenvalue weighted by Crippen LogP contribution is -2.59. The smallest absolute Gasteiger partial charge is 0.355 e. The number of carbonyl (C=O) groups is 8. The van der Waals surface area contributed by atoms with Gasteiger partial charge in [-0.15, -0.1) is 0 Å². The maximum atomic E-state index is 13.2. The lowest BCUT2D eigenvalue weighted by molar-refractivity contribution is -0.151. The molecule has 5 atom stereocenters. The van der Waals surface area contributed by atoms with Crippen LogP contribution in [-0.4, -0.2) is 136 Å². The fourth-order valence-electron chi connectivity index (χ4n) is 7.27. The van der Waals surface area contributed by atoms with Gasteiger partial charge < -0.3 is 45.3 Å². The third kappa shape index (κ3) is 14.9. The molecule has 0 unspecified atom stereocenters. The number of nitrogens with zero attached hydrogens (tertiary/aromatic N) is 4. The molecule has 0 spiro atoms. The van der Waals surface area contributed by atoms with E-state index in [9.17, 15) is 43.5 Å². The molecule has 18 heteroatoms. The molecular formula is C46H63N7O11. The van der Waals surface area contributed by atoms with Gasteiger partial charge in [0.2, 0.25) is 29.5 Å². The summed E-state index contributed by atoms with van der Waals surface area (Å²) in [5.74, 6) is -3.29. The Morgan fingerprint density at radius 3 is 2.48 bits per heavy atom. The number of nitrogens with one attached hydrogen (secondary N) is 2. The molecule has 0 aliphatic carbocycles. The maximum absolute atomic E-state index is 13.2. The second-order valence-corrected chi connectivity index (χ2v) is 16.0. The third-order valence-electron chi connectivity index (χ3n) is 10.8. The van der Waals surface area contributed by atoms with Crippen molar-refractivity contribution in [3.8, 4) is 0 Å². The van der Waals surface area contributed by atoms with Crippen LogP contribution in [0.15, 0.2) is 82.7 Å². The number of oxazole rings is 1. The average Bonchev–Trinajstić information content (AvgIpc) is 3.96. The highest BCUT2D eigenvalue weighted by molar-refractivity contribution is 6.01. The summed E-state index contributed by atoms with van der Waals surface area (Å²) < 4.78 is 11.1. The molecule has 4 rings (SSSR count). The van der Waals surface area contributed by atoms with Crippen LogP contribution in [0.1, 0.15) is 83.1 Å². The van der Waals surface area contributed by atoms with E-state index in [1.165, 1.54) is 34.9 Å². The zero-order chi connectivity index (χ0) is 47.7. The Morgan fingerprint density at radius 1 is 1.12 bits per heavy atom. The Balaban J connectivity index is 0.000000367. The van der Waals surface area contributed by atoms with Crippen LogP contribution in [0.2, 0.25) is 0 Å². The van der Waals surface area contributed by atoms with Crippen LogP contribution < -0.4 is 16.4 Å². The number of allylic oxidation sites excluding steroid dienone is 4. The fraction of sp³-hybridized carbons (Fsp3) is 0.500. The number of rotatable bonds is 8. The first kappa shape index (κ1) is 52.1. The first-order valence-electron chi connectivity index (χ1n) is 21.3. The van der Waals surface area contributed by atoms with Gasteiger partial charge in [0.25, 0.3) is 5.91 Å². The predicted octanol–water partition coefficient (Wildman–Crippen LogP) is 2.26. The molecule has 348 valence electrons. The monoisotopic (exact) mass is 889 g/mol. The molecule has 1 aromatic rings. The number of nitrogens with two attached hydrogens (primary N) is 1. The molecule has 2 bridgehead atoms. The highest BCUT2D eigenvalue weighted by atomic mass is 16.5. The number of ether oxygens (including phenoxy) is 1. The highest BCUT2D eigenvalue weighted by Crippen LogP contribution is 2.25. The Bertz CT molecular complexity index is 2060. The van der Waals surface area contributed by atoms with Crippen LogP contribution in [0.3, 0.4) is 0 Å². The number of fused-ring (bicyclic) bond motifs is 3. The number of likely N-dealkylation sites (N-methyl/N-ethyl adjacent to an activating group) is 2. The minimum atomic E-state index is -1.01. The van der Waals surface area contributed by atoms with E-state index in [1.54, 1.807) is 43.4 Å². The first-order valence-corrected chi connectivity index (χ1v) is 21.3. The maximum Gasteiger partial charge on any atom is 0.355 e. The zero-order valence-corrected chi connectivity index (χ0v) is 37.8. The number of hydrogen-bond acceptors (Lipinski definition) is 13. The number of piperidine rings is 1. The molecule has 1 aromatic heterocycles.